The minimum atomic E-state index is -3.56. The van der Waals surface area contributed by atoms with Crippen LogP contribution in [0.15, 0.2) is 41.9 Å². The number of anilines is 1. The zero-order valence-corrected chi connectivity index (χ0v) is 11.3. The van der Waals surface area contributed by atoms with Crippen molar-refractivity contribution in [1.82, 2.24) is 19.3 Å². The lowest BCUT2D eigenvalue weighted by atomic mass is 10.5. The van der Waals surface area contributed by atoms with Gasteiger partial charge >= 0.3 is 0 Å². The summed E-state index contributed by atoms with van der Waals surface area (Å²) >= 11 is 0. The largest absolute Gasteiger partial charge is 0.372 e. The Morgan fingerprint density at radius 2 is 2.21 bits per heavy atom. The molecule has 0 saturated carbocycles. The van der Waals surface area contributed by atoms with Crippen LogP contribution in [0.3, 0.4) is 0 Å². The van der Waals surface area contributed by atoms with Gasteiger partial charge in [-0.25, -0.2) is 23.1 Å². The summed E-state index contributed by atoms with van der Waals surface area (Å²) in [4.78, 5) is 8.01. The van der Waals surface area contributed by atoms with Crippen LogP contribution in [0.2, 0.25) is 0 Å². The van der Waals surface area contributed by atoms with E-state index in [-0.39, 0.29) is 11.4 Å². The van der Waals surface area contributed by atoms with Crippen LogP contribution >= 0.6 is 0 Å². The van der Waals surface area contributed by atoms with Crippen molar-refractivity contribution in [2.24, 2.45) is 0 Å². The number of hydrogen-bond donors (Lipinski definition) is 2. The molecule has 2 aromatic rings. The second-order valence-electron chi connectivity index (χ2n) is 3.80. The zero-order valence-electron chi connectivity index (χ0n) is 10.4. The highest BCUT2D eigenvalue weighted by Gasteiger charge is 2.17. The van der Waals surface area contributed by atoms with E-state index >= 15 is 0 Å². The van der Waals surface area contributed by atoms with Crippen LogP contribution in [0.5, 0.6) is 0 Å². The smallest absolute Gasteiger partial charge is 0.244 e. The van der Waals surface area contributed by atoms with Crippen molar-refractivity contribution in [3.63, 3.8) is 0 Å². The van der Waals surface area contributed by atoms with Gasteiger partial charge in [-0.1, -0.05) is 0 Å². The molecule has 0 amide bonds. The maximum atomic E-state index is 12.1. The number of nitrogens with zero attached hydrogens (tertiary/aromatic N) is 3. The van der Waals surface area contributed by atoms with E-state index in [0.717, 1.165) is 0 Å². The Bertz CT molecular complexity index is 624. The summed E-state index contributed by atoms with van der Waals surface area (Å²) in [5.74, 6) is 0.331. The molecule has 0 aliphatic rings. The van der Waals surface area contributed by atoms with Gasteiger partial charge in [0.15, 0.2) is 0 Å². The Labute approximate surface area is 111 Å². The summed E-state index contributed by atoms with van der Waals surface area (Å²) < 4.78 is 28.6. The van der Waals surface area contributed by atoms with Gasteiger partial charge in [0.25, 0.3) is 0 Å². The molecule has 2 rings (SSSR count). The standard InChI is InChI=1S/C11H15N5O2S/c1-12-11-10(3-2-4-14-11)19(17,18)15-6-8-16-7-5-13-9-16/h2-5,7,9,15H,6,8H2,1H3,(H,12,14). The van der Waals surface area contributed by atoms with Gasteiger partial charge in [-0.2, -0.15) is 0 Å². The topological polar surface area (TPSA) is 88.9 Å². The highest BCUT2D eigenvalue weighted by molar-refractivity contribution is 7.89. The van der Waals surface area contributed by atoms with Crippen molar-refractivity contribution < 1.29 is 8.42 Å². The molecule has 0 spiro atoms. The van der Waals surface area contributed by atoms with Crippen LogP contribution in [0, 0.1) is 0 Å². The van der Waals surface area contributed by atoms with E-state index in [4.69, 9.17) is 0 Å². The number of aromatic nitrogens is 3. The number of rotatable bonds is 6. The number of imidazole rings is 1. The maximum absolute atomic E-state index is 12.1. The molecule has 0 unspecified atom stereocenters. The first-order valence-electron chi connectivity index (χ1n) is 5.71. The molecule has 0 atom stereocenters. The summed E-state index contributed by atoms with van der Waals surface area (Å²) in [7, 11) is -1.93. The number of pyridine rings is 1. The second-order valence-corrected chi connectivity index (χ2v) is 5.53. The fourth-order valence-electron chi connectivity index (χ4n) is 1.60. The third-order valence-corrected chi connectivity index (χ3v) is 4.01. The van der Waals surface area contributed by atoms with Gasteiger partial charge in [-0.15, -0.1) is 0 Å². The lowest BCUT2D eigenvalue weighted by Crippen LogP contribution is -2.28. The minimum absolute atomic E-state index is 0.142. The van der Waals surface area contributed by atoms with Crippen LogP contribution < -0.4 is 10.0 Å². The van der Waals surface area contributed by atoms with E-state index in [1.165, 1.54) is 12.3 Å². The van der Waals surface area contributed by atoms with Gasteiger partial charge in [0.1, 0.15) is 10.7 Å². The summed E-state index contributed by atoms with van der Waals surface area (Å²) in [6.07, 6.45) is 6.60. The second kappa shape index (κ2) is 5.81. The first-order chi connectivity index (χ1) is 9.13. The third-order valence-electron chi connectivity index (χ3n) is 2.52. The predicted octanol–water partition coefficient (Wildman–Crippen LogP) is 0.298. The van der Waals surface area contributed by atoms with E-state index in [1.54, 1.807) is 36.4 Å². The van der Waals surface area contributed by atoms with Crippen molar-refractivity contribution >= 4 is 15.8 Å². The quantitative estimate of drug-likeness (QED) is 0.795. The zero-order chi connectivity index (χ0) is 13.7. The molecule has 0 aliphatic carbocycles. The van der Waals surface area contributed by atoms with Gasteiger partial charge in [-0.05, 0) is 12.1 Å². The molecule has 2 aromatic heterocycles. The molecule has 0 aromatic carbocycles. The summed E-state index contributed by atoms with van der Waals surface area (Å²) in [6, 6.07) is 3.10. The highest BCUT2D eigenvalue weighted by Crippen LogP contribution is 2.16. The number of nitrogens with one attached hydrogen (secondary N) is 2. The minimum Gasteiger partial charge on any atom is -0.372 e. The lowest BCUT2D eigenvalue weighted by Gasteiger charge is -2.10. The normalized spacial score (nSPS) is 11.4. The molecule has 0 bridgehead atoms. The Hall–Kier alpha value is -1.93. The van der Waals surface area contributed by atoms with Gasteiger partial charge in [0.05, 0.1) is 6.33 Å². The van der Waals surface area contributed by atoms with Crippen LogP contribution in [0.4, 0.5) is 5.82 Å². The Kier molecular flexibility index (Phi) is 4.13. The van der Waals surface area contributed by atoms with Crippen molar-refractivity contribution in [3.8, 4) is 0 Å². The van der Waals surface area contributed by atoms with Crippen LogP contribution in [-0.4, -0.2) is 36.5 Å². The van der Waals surface area contributed by atoms with E-state index in [2.05, 4.69) is 20.0 Å². The molecule has 102 valence electrons. The molecular weight excluding hydrogens is 266 g/mol. The first-order valence-corrected chi connectivity index (χ1v) is 7.20. The molecular formula is C11H15N5O2S. The lowest BCUT2D eigenvalue weighted by molar-refractivity contribution is 0.573. The molecule has 2 N–H and O–H groups in total. The van der Waals surface area contributed by atoms with Gasteiger partial charge in [-0.3, -0.25) is 0 Å². The summed E-state index contributed by atoms with van der Waals surface area (Å²) in [5.41, 5.74) is 0. The third kappa shape index (κ3) is 3.30. The van der Waals surface area contributed by atoms with Gasteiger partial charge in [0.2, 0.25) is 10.0 Å². The van der Waals surface area contributed by atoms with Crippen LogP contribution in [0.25, 0.3) is 0 Å². The molecule has 2 heterocycles. The van der Waals surface area contributed by atoms with E-state index < -0.39 is 10.0 Å². The summed E-state index contributed by atoms with van der Waals surface area (Å²) in [6.45, 7) is 0.811. The Morgan fingerprint density at radius 1 is 1.37 bits per heavy atom. The highest BCUT2D eigenvalue weighted by atomic mass is 32.2. The fraction of sp³-hybridized carbons (Fsp3) is 0.273. The first kappa shape index (κ1) is 13.5. The summed E-state index contributed by atoms with van der Waals surface area (Å²) in [5, 5.41) is 2.76. The SMILES string of the molecule is CNc1ncccc1S(=O)(=O)NCCn1ccnc1. The van der Waals surface area contributed by atoms with Crippen molar-refractivity contribution in [2.75, 3.05) is 18.9 Å². The van der Waals surface area contributed by atoms with Gasteiger partial charge in [0, 0.05) is 38.7 Å². The van der Waals surface area contributed by atoms with Crippen molar-refractivity contribution in [1.29, 1.82) is 0 Å². The molecule has 7 nitrogen and oxygen atoms in total. The van der Waals surface area contributed by atoms with Crippen LogP contribution in [0.1, 0.15) is 0 Å². The molecule has 19 heavy (non-hydrogen) atoms. The molecule has 8 heteroatoms. The van der Waals surface area contributed by atoms with Crippen LogP contribution in [-0.2, 0) is 16.6 Å². The van der Waals surface area contributed by atoms with Gasteiger partial charge < -0.3 is 9.88 Å². The van der Waals surface area contributed by atoms with E-state index in [0.29, 0.717) is 12.4 Å². The molecule has 0 radical (unpaired) electrons. The average molecular weight is 281 g/mol. The predicted molar refractivity (Wildman–Crippen MR) is 71.2 cm³/mol. The van der Waals surface area contributed by atoms with E-state index in [9.17, 15) is 8.42 Å². The van der Waals surface area contributed by atoms with E-state index in [1.807, 2.05) is 0 Å². The monoisotopic (exact) mass is 281 g/mol. The number of sulfonamides is 1. The molecule has 0 aliphatic heterocycles. The fourth-order valence-corrected chi connectivity index (χ4v) is 2.78. The Morgan fingerprint density at radius 3 is 2.89 bits per heavy atom. The maximum Gasteiger partial charge on any atom is 0.244 e. The molecule has 0 saturated heterocycles. The van der Waals surface area contributed by atoms with Crippen molar-refractivity contribution in [3.05, 3.63) is 37.1 Å². The molecule has 0 fully saturated rings. The Balaban J connectivity index is 2.05. The van der Waals surface area contributed by atoms with Crippen molar-refractivity contribution in [2.45, 2.75) is 11.4 Å². The number of hydrogen-bond acceptors (Lipinski definition) is 5. The average Bonchev–Trinajstić information content (AvgIpc) is 2.91.